The van der Waals surface area contributed by atoms with Crippen molar-refractivity contribution in [3.05, 3.63) is 0 Å². The van der Waals surface area contributed by atoms with E-state index in [1.807, 2.05) is 0 Å². The highest BCUT2D eigenvalue weighted by Crippen LogP contribution is 2.50. The number of rotatable bonds is 5. The van der Waals surface area contributed by atoms with Crippen molar-refractivity contribution in [1.82, 2.24) is 5.32 Å². The predicted molar refractivity (Wildman–Crippen MR) is 54.9 cm³/mol. The van der Waals surface area contributed by atoms with Crippen LogP contribution in [0, 0.1) is 11.3 Å². The second-order valence-corrected chi connectivity index (χ2v) is 4.86. The average molecular weight is 204 g/mol. The second-order valence-electron chi connectivity index (χ2n) is 4.49. The highest BCUT2D eigenvalue weighted by atomic mass is 35.5. The van der Waals surface area contributed by atoms with Crippen LogP contribution in [0.4, 0.5) is 0 Å². The first-order valence-corrected chi connectivity index (χ1v) is 5.42. The second kappa shape index (κ2) is 4.32. The lowest BCUT2D eigenvalue weighted by atomic mass is 10.1. The van der Waals surface area contributed by atoms with E-state index in [1.54, 1.807) is 0 Å². The van der Waals surface area contributed by atoms with Crippen molar-refractivity contribution in [3.8, 4) is 0 Å². The van der Waals surface area contributed by atoms with Crippen molar-refractivity contribution in [3.63, 3.8) is 0 Å². The molecule has 3 heteroatoms. The van der Waals surface area contributed by atoms with Crippen LogP contribution in [-0.4, -0.2) is 18.3 Å². The molecule has 1 aliphatic rings. The molecule has 1 rings (SSSR count). The van der Waals surface area contributed by atoms with Gasteiger partial charge in [-0.1, -0.05) is 13.8 Å². The maximum Gasteiger partial charge on any atom is 0.220 e. The van der Waals surface area contributed by atoms with Gasteiger partial charge in [0.1, 0.15) is 0 Å². The third kappa shape index (κ3) is 3.55. The monoisotopic (exact) mass is 203 g/mol. The Bertz CT molecular complexity index is 191. The minimum Gasteiger partial charge on any atom is -0.356 e. The average Bonchev–Trinajstić information content (AvgIpc) is 2.67. The molecule has 1 fully saturated rings. The van der Waals surface area contributed by atoms with Crippen LogP contribution < -0.4 is 5.32 Å². The first-order valence-electron chi connectivity index (χ1n) is 4.89. The lowest BCUT2D eigenvalue weighted by Crippen LogP contribution is -2.26. The Balaban J connectivity index is 2.03. The summed E-state index contributed by atoms with van der Waals surface area (Å²) < 4.78 is 0. The molecule has 1 amide bonds. The molecule has 1 saturated carbocycles. The Hall–Kier alpha value is -0.240. The van der Waals surface area contributed by atoms with Gasteiger partial charge in [-0.3, -0.25) is 4.79 Å². The molecule has 0 spiro atoms. The number of halogens is 1. The van der Waals surface area contributed by atoms with E-state index in [-0.39, 0.29) is 5.91 Å². The van der Waals surface area contributed by atoms with Gasteiger partial charge in [0, 0.05) is 18.8 Å². The third-order valence-electron chi connectivity index (χ3n) is 2.80. The predicted octanol–water partition coefficient (Wildman–Crippen LogP) is 2.17. The molecular formula is C10H18ClNO. The van der Waals surface area contributed by atoms with Crippen molar-refractivity contribution in [2.24, 2.45) is 11.3 Å². The van der Waals surface area contributed by atoms with Crippen LogP contribution in [-0.2, 0) is 4.79 Å². The molecule has 0 aromatic heterocycles. The summed E-state index contributed by atoms with van der Waals surface area (Å²) in [5.41, 5.74) is 0.458. The van der Waals surface area contributed by atoms with Crippen molar-refractivity contribution in [1.29, 1.82) is 0 Å². The SMILES string of the molecule is CC1(C)CC1CNC(=O)CCCCl. The van der Waals surface area contributed by atoms with Crippen LogP contribution in [0.3, 0.4) is 0 Å². The van der Waals surface area contributed by atoms with Crippen molar-refractivity contribution in [2.45, 2.75) is 33.1 Å². The summed E-state index contributed by atoms with van der Waals surface area (Å²) in [7, 11) is 0. The van der Waals surface area contributed by atoms with Gasteiger partial charge in [0.05, 0.1) is 0 Å². The summed E-state index contributed by atoms with van der Waals surface area (Å²) in [6.45, 7) is 5.32. The topological polar surface area (TPSA) is 29.1 Å². The molecule has 1 aliphatic carbocycles. The fourth-order valence-electron chi connectivity index (χ4n) is 1.48. The Morgan fingerprint density at radius 1 is 1.62 bits per heavy atom. The summed E-state index contributed by atoms with van der Waals surface area (Å²) in [6, 6.07) is 0. The van der Waals surface area contributed by atoms with Gasteiger partial charge < -0.3 is 5.32 Å². The van der Waals surface area contributed by atoms with E-state index in [0.29, 0.717) is 23.6 Å². The summed E-state index contributed by atoms with van der Waals surface area (Å²) in [5.74, 6) is 1.40. The fourth-order valence-corrected chi connectivity index (χ4v) is 1.61. The quantitative estimate of drug-likeness (QED) is 0.682. The summed E-state index contributed by atoms with van der Waals surface area (Å²) in [5, 5.41) is 2.94. The molecule has 2 nitrogen and oxygen atoms in total. The van der Waals surface area contributed by atoms with Gasteiger partial charge in [0.25, 0.3) is 0 Å². The molecule has 0 saturated heterocycles. The van der Waals surface area contributed by atoms with Gasteiger partial charge in [-0.2, -0.15) is 0 Å². The standard InChI is InChI=1S/C10H18ClNO/c1-10(2)6-8(10)7-12-9(13)4-3-5-11/h8H,3-7H2,1-2H3,(H,12,13). The van der Waals surface area contributed by atoms with Crippen LogP contribution in [0.25, 0.3) is 0 Å². The van der Waals surface area contributed by atoms with E-state index >= 15 is 0 Å². The summed E-state index contributed by atoms with van der Waals surface area (Å²) >= 11 is 5.49. The molecule has 13 heavy (non-hydrogen) atoms. The van der Waals surface area contributed by atoms with Crippen LogP contribution in [0.5, 0.6) is 0 Å². The zero-order valence-corrected chi connectivity index (χ0v) is 9.16. The van der Waals surface area contributed by atoms with Crippen LogP contribution in [0.2, 0.25) is 0 Å². The van der Waals surface area contributed by atoms with E-state index < -0.39 is 0 Å². The molecule has 76 valence electrons. The van der Waals surface area contributed by atoms with Crippen molar-refractivity contribution in [2.75, 3.05) is 12.4 Å². The molecule has 0 bridgehead atoms. The zero-order valence-electron chi connectivity index (χ0n) is 8.40. The number of carbonyl (C=O) groups is 1. The molecule has 1 N–H and O–H groups in total. The van der Waals surface area contributed by atoms with Gasteiger partial charge in [-0.25, -0.2) is 0 Å². The smallest absolute Gasteiger partial charge is 0.220 e. The first kappa shape index (κ1) is 10.8. The van der Waals surface area contributed by atoms with E-state index in [0.717, 1.165) is 13.0 Å². The minimum absolute atomic E-state index is 0.142. The maximum absolute atomic E-state index is 11.2. The lowest BCUT2D eigenvalue weighted by molar-refractivity contribution is -0.121. The Morgan fingerprint density at radius 3 is 2.69 bits per heavy atom. The molecule has 0 aromatic carbocycles. The Labute approximate surface area is 85.0 Å². The largest absolute Gasteiger partial charge is 0.356 e. The van der Waals surface area contributed by atoms with Crippen LogP contribution in [0.15, 0.2) is 0 Å². The zero-order chi connectivity index (χ0) is 9.90. The normalized spacial score (nSPS) is 24.1. The van der Waals surface area contributed by atoms with E-state index in [4.69, 9.17) is 11.6 Å². The highest BCUT2D eigenvalue weighted by Gasteiger charge is 2.45. The molecular weight excluding hydrogens is 186 g/mol. The van der Waals surface area contributed by atoms with Crippen LogP contribution in [0.1, 0.15) is 33.1 Å². The van der Waals surface area contributed by atoms with Crippen LogP contribution >= 0.6 is 11.6 Å². The molecule has 0 aliphatic heterocycles. The number of amides is 1. The third-order valence-corrected chi connectivity index (χ3v) is 3.07. The molecule has 0 radical (unpaired) electrons. The van der Waals surface area contributed by atoms with Gasteiger partial charge in [-0.05, 0) is 24.2 Å². The molecule has 1 unspecified atom stereocenters. The number of hydrogen-bond donors (Lipinski definition) is 1. The van der Waals surface area contributed by atoms with Gasteiger partial charge >= 0.3 is 0 Å². The summed E-state index contributed by atoms with van der Waals surface area (Å²) in [4.78, 5) is 11.2. The van der Waals surface area contributed by atoms with Crippen molar-refractivity contribution < 1.29 is 4.79 Å². The summed E-state index contributed by atoms with van der Waals surface area (Å²) in [6.07, 6.45) is 2.58. The fraction of sp³-hybridized carbons (Fsp3) is 0.900. The number of carbonyl (C=O) groups excluding carboxylic acids is 1. The Morgan fingerprint density at radius 2 is 2.23 bits per heavy atom. The molecule has 1 atom stereocenters. The first-order chi connectivity index (χ1) is 6.06. The highest BCUT2D eigenvalue weighted by molar-refractivity contribution is 6.17. The van der Waals surface area contributed by atoms with Gasteiger partial charge in [0.15, 0.2) is 0 Å². The number of hydrogen-bond acceptors (Lipinski definition) is 1. The van der Waals surface area contributed by atoms with E-state index in [9.17, 15) is 4.79 Å². The maximum atomic E-state index is 11.2. The molecule has 0 aromatic rings. The lowest BCUT2D eigenvalue weighted by Gasteiger charge is -2.05. The van der Waals surface area contributed by atoms with Gasteiger partial charge in [0.2, 0.25) is 5.91 Å². The van der Waals surface area contributed by atoms with Gasteiger partial charge in [-0.15, -0.1) is 11.6 Å². The van der Waals surface area contributed by atoms with E-state index in [1.165, 1.54) is 6.42 Å². The number of alkyl halides is 1. The molecule has 0 heterocycles. The van der Waals surface area contributed by atoms with E-state index in [2.05, 4.69) is 19.2 Å². The number of nitrogens with one attached hydrogen (secondary N) is 1. The van der Waals surface area contributed by atoms with Crippen molar-refractivity contribution >= 4 is 17.5 Å². The Kier molecular flexibility index (Phi) is 3.60. The minimum atomic E-state index is 0.142.